The first-order valence-corrected chi connectivity index (χ1v) is 9.31. The summed E-state index contributed by atoms with van der Waals surface area (Å²) in [5.41, 5.74) is 3.56. The standard InChI is InChI=1S/C23H24O6/c1-14-5-7-20-17(11-22(25)29-23(20)15(14)2)13-28-21(24)8-6-16-9-18(26-3)12-19(10-16)27-4/h5,7,9-12H,6,8,13H2,1-4H3. The van der Waals surface area contributed by atoms with Gasteiger partial charge >= 0.3 is 11.6 Å². The van der Waals surface area contributed by atoms with Crippen LogP contribution in [0.2, 0.25) is 0 Å². The third-order valence-electron chi connectivity index (χ3n) is 4.94. The van der Waals surface area contributed by atoms with Crippen molar-refractivity contribution in [3.8, 4) is 11.5 Å². The van der Waals surface area contributed by atoms with E-state index in [4.69, 9.17) is 18.6 Å². The predicted molar refractivity (Wildman–Crippen MR) is 110 cm³/mol. The Hall–Kier alpha value is -3.28. The molecular weight excluding hydrogens is 372 g/mol. The molecule has 3 rings (SSSR count). The summed E-state index contributed by atoms with van der Waals surface area (Å²) < 4.78 is 21.3. The summed E-state index contributed by atoms with van der Waals surface area (Å²) in [5, 5.41) is 0.776. The fraction of sp³-hybridized carbons (Fsp3) is 0.304. The number of esters is 1. The van der Waals surface area contributed by atoms with Gasteiger partial charge in [0, 0.05) is 29.5 Å². The van der Waals surface area contributed by atoms with E-state index >= 15 is 0 Å². The summed E-state index contributed by atoms with van der Waals surface area (Å²) in [6.07, 6.45) is 0.691. The lowest BCUT2D eigenvalue weighted by Gasteiger charge is -2.10. The van der Waals surface area contributed by atoms with Crippen LogP contribution in [-0.4, -0.2) is 20.2 Å². The van der Waals surface area contributed by atoms with Gasteiger partial charge in [-0.2, -0.15) is 0 Å². The van der Waals surface area contributed by atoms with Crippen molar-refractivity contribution in [3.05, 3.63) is 69.1 Å². The van der Waals surface area contributed by atoms with E-state index in [1.807, 2.05) is 38.1 Å². The Balaban J connectivity index is 1.69. The fourth-order valence-electron chi connectivity index (χ4n) is 3.13. The number of ether oxygens (including phenoxy) is 3. The minimum atomic E-state index is -0.458. The molecule has 0 bridgehead atoms. The highest BCUT2D eigenvalue weighted by atomic mass is 16.5. The molecule has 0 aliphatic rings. The molecule has 6 nitrogen and oxygen atoms in total. The van der Waals surface area contributed by atoms with Gasteiger partial charge in [-0.3, -0.25) is 4.79 Å². The first-order chi connectivity index (χ1) is 13.9. The first-order valence-electron chi connectivity index (χ1n) is 9.31. The maximum Gasteiger partial charge on any atom is 0.336 e. The minimum Gasteiger partial charge on any atom is -0.497 e. The van der Waals surface area contributed by atoms with Crippen LogP contribution in [0.1, 0.15) is 28.7 Å². The van der Waals surface area contributed by atoms with Crippen molar-refractivity contribution >= 4 is 16.9 Å². The molecule has 0 saturated carbocycles. The van der Waals surface area contributed by atoms with Crippen LogP contribution in [0.5, 0.6) is 11.5 Å². The Labute approximate surface area is 169 Å². The predicted octanol–water partition coefficient (Wildman–Crippen LogP) is 4.10. The van der Waals surface area contributed by atoms with Crippen molar-refractivity contribution in [1.29, 1.82) is 0 Å². The molecule has 0 unspecified atom stereocenters. The molecule has 1 aromatic heterocycles. The lowest BCUT2D eigenvalue weighted by Crippen LogP contribution is -2.09. The zero-order valence-corrected chi connectivity index (χ0v) is 17.0. The minimum absolute atomic E-state index is 0.0187. The van der Waals surface area contributed by atoms with E-state index in [1.165, 1.54) is 6.07 Å². The molecule has 0 spiro atoms. The van der Waals surface area contributed by atoms with Crippen LogP contribution in [0.4, 0.5) is 0 Å². The molecule has 0 aliphatic carbocycles. The second-order valence-electron chi connectivity index (χ2n) is 6.86. The lowest BCUT2D eigenvalue weighted by atomic mass is 10.0. The molecule has 29 heavy (non-hydrogen) atoms. The van der Waals surface area contributed by atoms with Crippen LogP contribution in [0.3, 0.4) is 0 Å². The maximum absolute atomic E-state index is 12.3. The molecule has 3 aromatic rings. The average Bonchev–Trinajstić information content (AvgIpc) is 2.73. The van der Waals surface area contributed by atoms with Gasteiger partial charge in [0.2, 0.25) is 0 Å². The summed E-state index contributed by atoms with van der Waals surface area (Å²) in [7, 11) is 3.16. The molecule has 0 fully saturated rings. The number of methoxy groups -OCH3 is 2. The summed E-state index contributed by atoms with van der Waals surface area (Å²) in [4.78, 5) is 24.2. The zero-order chi connectivity index (χ0) is 21.0. The molecule has 0 saturated heterocycles. The van der Waals surface area contributed by atoms with Crippen molar-refractivity contribution in [1.82, 2.24) is 0 Å². The van der Waals surface area contributed by atoms with Gasteiger partial charge in [0.1, 0.15) is 23.7 Å². The first kappa shape index (κ1) is 20.5. The van der Waals surface area contributed by atoms with Gasteiger partial charge in [-0.1, -0.05) is 12.1 Å². The number of carbonyl (C=O) groups is 1. The van der Waals surface area contributed by atoms with Gasteiger partial charge in [0.15, 0.2) is 0 Å². The Bertz CT molecular complexity index is 1070. The maximum atomic E-state index is 12.3. The highest BCUT2D eigenvalue weighted by molar-refractivity contribution is 5.84. The van der Waals surface area contributed by atoms with Gasteiger partial charge in [-0.15, -0.1) is 0 Å². The van der Waals surface area contributed by atoms with E-state index in [0.717, 1.165) is 22.1 Å². The Morgan fingerprint density at radius 2 is 1.69 bits per heavy atom. The van der Waals surface area contributed by atoms with Crippen molar-refractivity contribution < 1.29 is 23.4 Å². The Morgan fingerprint density at radius 3 is 2.34 bits per heavy atom. The smallest absolute Gasteiger partial charge is 0.336 e. The van der Waals surface area contributed by atoms with E-state index in [0.29, 0.717) is 29.1 Å². The molecule has 152 valence electrons. The molecular formula is C23H24O6. The van der Waals surface area contributed by atoms with Crippen molar-refractivity contribution in [2.24, 2.45) is 0 Å². The number of hydrogen-bond donors (Lipinski definition) is 0. The Kier molecular flexibility index (Phi) is 6.22. The number of benzene rings is 2. The summed E-state index contributed by atoms with van der Waals surface area (Å²) in [6, 6.07) is 10.7. The van der Waals surface area contributed by atoms with E-state index < -0.39 is 5.63 Å². The third kappa shape index (κ3) is 4.77. The quantitative estimate of drug-likeness (QED) is 0.442. The molecule has 2 aromatic carbocycles. The normalized spacial score (nSPS) is 10.8. The summed E-state index contributed by atoms with van der Waals surface area (Å²) in [5.74, 6) is 0.985. The van der Waals surface area contributed by atoms with Crippen LogP contribution < -0.4 is 15.1 Å². The summed E-state index contributed by atoms with van der Waals surface area (Å²) in [6.45, 7) is 3.87. The molecule has 0 atom stereocenters. The van der Waals surface area contributed by atoms with Crippen molar-refractivity contribution in [2.45, 2.75) is 33.3 Å². The topological polar surface area (TPSA) is 75.0 Å². The molecule has 0 aliphatic heterocycles. The highest BCUT2D eigenvalue weighted by Gasteiger charge is 2.12. The molecule has 0 amide bonds. The van der Waals surface area contributed by atoms with Gasteiger partial charge < -0.3 is 18.6 Å². The number of hydrogen-bond acceptors (Lipinski definition) is 6. The Morgan fingerprint density at radius 1 is 1.00 bits per heavy atom. The number of rotatable bonds is 7. The SMILES string of the molecule is COc1cc(CCC(=O)OCc2cc(=O)oc3c(C)c(C)ccc23)cc(OC)c1. The fourth-order valence-corrected chi connectivity index (χ4v) is 3.13. The monoisotopic (exact) mass is 396 g/mol. The van der Waals surface area contributed by atoms with Crippen LogP contribution in [0, 0.1) is 13.8 Å². The number of fused-ring (bicyclic) bond motifs is 1. The van der Waals surface area contributed by atoms with E-state index in [2.05, 4.69) is 0 Å². The van der Waals surface area contributed by atoms with Gasteiger partial charge in [-0.05, 0) is 49.1 Å². The van der Waals surface area contributed by atoms with Crippen LogP contribution in [0.25, 0.3) is 11.0 Å². The third-order valence-corrected chi connectivity index (χ3v) is 4.94. The average molecular weight is 396 g/mol. The second kappa shape index (κ2) is 8.82. The van der Waals surface area contributed by atoms with E-state index in [1.54, 1.807) is 20.3 Å². The van der Waals surface area contributed by atoms with Crippen LogP contribution in [-0.2, 0) is 22.6 Å². The molecule has 0 radical (unpaired) electrons. The lowest BCUT2D eigenvalue weighted by molar-refractivity contribution is -0.144. The van der Waals surface area contributed by atoms with E-state index in [-0.39, 0.29) is 19.0 Å². The number of aryl methyl sites for hydroxylation is 3. The van der Waals surface area contributed by atoms with E-state index in [9.17, 15) is 9.59 Å². The highest BCUT2D eigenvalue weighted by Crippen LogP contribution is 2.25. The van der Waals surface area contributed by atoms with Crippen molar-refractivity contribution in [3.63, 3.8) is 0 Å². The molecule has 0 N–H and O–H groups in total. The van der Waals surface area contributed by atoms with Gasteiger partial charge in [-0.25, -0.2) is 4.79 Å². The largest absolute Gasteiger partial charge is 0.497 e. The number of carbonyl (C=O) groups excluding carboxylic acids is 1. The van der Waals surface area contributed by atoms with Crippen LogP contribution >= 0.6 is 0 Å². The summed E-state index contributed by atoms with van der Waals surface area (Å²) >= 11 is 0. The second-order valence-corrected chi connectivity index (χ2v) is 6.86. The van der Waals surface area contributed by atoms with Crippen molar-refractivity contribution in [2.75, 3.05) is 14.2 Å². The van der Waals surface area contributed by atoms with Crippen LogP contribution in [0.15, 0.2) is 45.6 Å². The molecule has 1 heterocycles. The van der Waals surface area contributed by atoms with Gasteiger partial charge in [0.05, 0.1) is 14.2 Å². The molecule has 6 heteroatoms. The van der Waals surface area contributed by atoms with Gasteiger partial charge in [0.25, 0.3) is 0 Å². The zero-order valence-electron chi connectivity index (χ0n) is 17.0.